The van der Waals surface area contributed by atoms with E-state index in [-0.39, 0.29) is 0 Å². The summed E-state index contributed by atoms with van der Waals surface area (Å²) in [6, 6.07) is 8.45. The maximum absolute atomic E-state index is 4.38. The summed E-state index contributed by atoms with van der Waals surface area (Å²) >= 11 is 0. The molecule has 14 heavy (non-hydrogen) atoms. The first-order valence-electron chi connectivity index (χ1n) is 5.16. The Hall–Kier alpha value is -1.37. The van der Waals surface area contributed by atoms with Gasteiger partial charge in [0.15, 0.2) is 0 Å². The summed E-state index contributed by atoms with van der Waals surface area (Å²) in [6.07, 6.45) is 4.24. The van der Waals surface area contributed by atoms with E-state index >= 15 is 0 Å². The van der Waals surface area contributed by atoms with Crippen LogP contribution in [0, 0.1) is 6.92 Å². The number of benzene rings is 1. The Morgan fingerprint density at radius 2 is 2.07 bits per heavy atom. The van der Waals surface area contributed by atoms with Crippen molar-refractivity contribution in [2.75, 3.05) is 0 Å². The second-order valence-electron chi connectivity index (χ2n) is 3.69. The number of fused-ring (bicyclic) bond motifs is 1. The maximum Gasteiger partial charge on any atom is 0.0707 e. The van der Waals surface area contributed by atoms with Gasteiger partial charge in [0.25, 0.3) is 0 Å². The predicted octanol–water partition coefficient (Wildman–Crippen LogP) is 3.50. The molecule has 0 radical (unpaired) electrons. The molecule has 0 fully saturated rings. The molecule has 0 amide bonds. The second kappa shape index (κ2) is 3.79. The lowest BCUT2D eigenvalue weighted by molar-refractivity contribution is 0.927. The number of aryl methyl sites for hydroxylation is 2. The van der Waals surface area contributed by atoms with Crippen LogP contribution in [0.5, 0.6) is 0 Å². The van der Waals surface area contributed by atoms with E-state index in [1.807, 2.05) is 6.20 Å². The number of pyridine rings is 1. The minimum Gasteiger partial charge on any atom is -0.256 e. The van der Waals surface area contributed by atoms with E-state index in [2.05, 4.69) is 43.1 Å². The average molecular weight is 185 g/mol. The molecule has 0 saturated carbocycles. The number of aromatic nitrogens is 1. The monoisotopic (exact) mass is 185 g/mol. The van der Waals surface area contributed by atoms with E-state index in [0.29, 0.717) is 0 Å². The van der Waals surface area contributed by atoms with Crippen molar-refractivity contribution in [3.05, 3.63) is 41.6 Å². The van der Waals surface area contributed by atoms with Gasteiger partial charge in [0, 0.05) is 11.6 Å². The van der Waals surface area contributed by atoms with Gasteiger partial charge in [-0.1, -0.05) is 25.5 Å². The highest BCUT2D eigenvalue weighted by Gasteiger charge is 2.02. The standard InChI is InChI=1S/C13H15N/c1-3-5-11-8-9-14-12-7-4-6-10(2)13(11)12/h4,6-9H,3,5H2,1-2H3. The predicted molar refractivity (Wildman–Crippen MR) is 60.5 cm³/mol. The molecule has 1 heterocycles. The zero-order valence-corrected chi connectivity index (χ0v) is 8.75. The highest BCUT2D eigenvalue weighted by atomic mass is 14.6. The fourth-order valence-electron chi connectivity index (χ4n) is 1.95. The normalized spacial score (nSPS) is 10.7. The first-order valence-corrected chi connectivity index (χ1v) is 5.16. The van der Waals surface area contributed by atoms with Gasteiger partial charge in [-0.3, -0.25) is 4.98 Å². The third-order valence-corrected chi connectivity index (χ3v) is 2.58. The number of nitrogens with zero attached hydrogens (tertiary/aromatic N) is 1. The minimum atomic E-state index is 1.12. The molecule has 1 nitrogen and oxygen atoms in total. The minimum absolute atomic E-state index is 1.12. The smallest absolute Gasteiger partial charge is 0.0707 e. The van der Waals surface area contributed by atoms with Crippen LogP contribution in [0.15, 0.2) is 30.5 Å². The van der Waals surface area contributed by atoms with Gasteiger partial charge >= 0.3 is 0 Å². The van der Waals surface area contributed by atoms with Crippen LogP contribution in [-0.2, 0) is 6.42 Å². The van der Waals surface area contributed by atoms with Crippen molar-refractivity contribution >= 4 is 10.9 Å². The van der Waals surface area contributed by atoms with Crippen molar-refractivity contribution in [3.8, 4) is 0 Å². The lowest BCUT2D eigenvalue weighted by Crippen LogP contribution is -1.90. The van der Waals surface area contributed by atoms with Gasteiger partial charge in [-0.2, -0.15) is 0 Å². The molecular weight excluding hydrogens is 170 g/mol. The Morgan fingerprint density at radius 3 is 2.86 bits per heavy atom. The fraction of sp³-hybridized carbons (Fsp3) is 0.308. The van der Waals surface area contributed by atoms with Gasteiger partial charge in [0.05, 0.1) is 5.52 Å². The van der Waals surface area contributed by atoms with Gasteiger partial charge < -0.3 is 0 Å². The van der Waals surface area contributed by atoms with Crippen LogP contribution in [0.4, 0.5) is 0 Å². The number of rotatable bonds is 2. The van der Waals surface area contributed by atoms with E-state index < -0.39 is 0 Å². The van der Waals surface area contributed by atoms with E-state index in [1.54, 1.807) is 0 Å². The highest BCUT2D eigenvalue weighted by molar-refractivity contribution is 5.85. The second-order valence-corrected chi connectivity index (χ2v) is 3.69. The number of hydrogen-bond acceptors (Lipinski definition) is 1. The molecule has 2 aromatic rings. The van der Waals surface area contributed by atoms with Gasteiger partial charge in [-0.15, -0.1) is 0 Å². The molecule has 0 spiro atoms. The van der Waals surface area contributed by atoms with Crippen LogP contribution >= 0.6 is 0 Å². The molecule has 0 atom stereocenters. The molecule has 0 bridgehead atoms. The Morgan fingerprint density at radius 1 is 1.21 bits per heavy atom. The molecule has 0 saturated heterocycles. The van der Waals surface area contributed by atoms with Gasteiger partial charge in [0.1, 0.15) is 0 Å². The Kier molecular flexibility index (Phi) is 2.49. The van der Waals surface area contributed by atoms with Crippen molar-refractivity contribution in [1.29, 1.82) is 0 Å². The third kappa shape index (κ3) is 1.50. The van der Waals surface area contributed by atoms with Crippen molar-refractivity contribution in [3.63, 3.8) is 0 Å². The summed E-state index contributed by atoms with van der Waals surface area (Å²) in [5.74, 6) is 0. The first kappa shape index (κ1) is 9.20. The summed E-state index contributed by atoms with van der Waals surface area (Å²) in [4.78, 5) is 4.38. The molecule has 1 aromatic carbocycles. The highest BCUT2D eigenvalue weighted by Crippen LogP contribution is 2.21. The van der Waals surface area contributed by atoms with Gasteiger partial charge in [0.2, 0.25) is 0 Å². The Labute approximate surface area is 84.8 Å². The van der Waals surface area contributed by atoms with Gasteiger partial charge in [-0.25, -0.2) is 0 Å². The lowest BCUT2D eigenvalue weighted by Gasteiger charge is -2.06. The molecule has 2 rings (SSSR count). The number of hydrogen-bond donors (Lipinski definition) is 0. The molecule has 0 N–H and O–H groups in total. The quantitative estimate of drug-likeness (QED) is 0.697. The van der Waals surface area contributed by atoms with E-state index in [1.165, 1.54) is 22.9 Å². The lowest BCUT2D eigenvalue weighted by atomic mass is 10.0. The molecule has 0 aliphatic carbocycles. The molecule has 0 aliphatic heterocycles. The zero-order valence-electron chi connectivity index (χ0n) is 8.75. The van der Waals surface area contributed by atoms with E-state index in [4.69, 9.17) is 0 Å². The van der Waals surface area contributed by atoms with Crippen molar-refractivity contribution in [2.24, 2.45) is 0 Å². The zero-order chi connectivity index (χ0) is 9.97. The van der Waals surface area contributed by atoms with Gasteiger partial charge in [-0.05, 0) is 36.6 Å². The van der Waals surface area contributed by atoms with Crippen molar-refractivity contribution in [2.45, 2.75) is 26.7 Å². The SMILES string of the molecule is CCCc1ccnc2cccc(C)c12. The van der Waals surface area contributed by atoms with Crippen LogP contribution in [0.1, 0.15) is 24.5 Å². The summed E-state index contributed by atoms with van der Waals surface area (Å²) in [6.45, 7) is 4.37. The summed E-state index contributed by atoms with van der Waals surface area (Å²) in [7, 11) is 0. The van der Waals surface area contributed by atoms with Crippen molar-refractivity contribution < 1.29 is 0 Å². The molecule has 0 aliphatic rings. The van der Waals surface area contributed by atoms with Crippen LogP contribution in [0.2, 0.25) is 0 Å². The topological polar surface area (TPSA) is 12.9 Å². The van der Waals surface area contributed by atoms with Crippen LogP contribution < -0.4 is 0 Å². The third-order valence-electron chi connectivity index (χ3n) is 2.58. The average Bonchev–Trinajstić information content (AvgIpc) is 2.19. The largest absolute Gasteiger partial charge is 0.256 e. The first-order chi connectivity index (χ1) is 6.83. The summed E-state index contributed by atoms with van der Waals surface area (Å²) in [5, 5.41) is 1.34. The molecule has 72 valence electrons. The molecular formula is C13H15N. The van der Waals surface area contributed by atoms with Crippen LogP contribution in [-0.4, -0.2) is 4.98 Å². The Bertz CT molecular complexity index is 441. The summed E-state index contributed by atoms with van der Waals surface area (Å²) < 4.78 is 0. The van der Waals surface area contributed by atoms with Crippen LogP contribution in [0.3, 0.4) is 0 Å². The fourth-order valence-corrected chi connectivity index (χ4v) is 1.95. The Balaban J connectivity index is 2.71. The molecule has 0 unspecified atom stereocenters. The molecule has 1 aromatic heterocycles. The van der Waals surface area contributed by atoms with E-state index in [0.717, 1.165) is 11.9 Å². The maximum atomic E-state index is 4.38. The molecule has 1 heteroatoms. The van der Waals surface area contributed by atoms with Crippen LogP contribution in [0.25, 0.3) is 10.9 Å². The van der Waals surface area contributed by atoms with Crippen molar-refractivity contribution in [1.82, 2.24) is 4.98 Å². The van der Waals surface area contributed by atoms with E-state index in [9.17, 15) is 0 Å². The summed E-state index contributed by atoms with van der Waals surface area (Å²) in [5.41, 5.74) is 3.88.